The third-order valence-corrected chi connectivity index (χ3v) is 4.34. The highest BCUT2D eigenvalue weighted by Crippen LogP contribution is 2.23. The lowest BCUT2D eigenvalue weighted by Crippen LogP contribution is -2.51. The Labute approximate surface area is 132 Å². The molecule has 0 saturated carbocycles. The summed E-state index contributed by atoms with van der Waals surface area (Å²) in [6, 6.07) is 1.95. The van der Waals surface area contributed by atoms with Crippen molar-refractivity contribution in [3.63, 3.8) is 0 Å². The first-order chi connectivity index (χ1) is 9.43. The number of carbonyl (C=O) groups excluding carboxylic acids is 1. The average Bonchev–Trinajstić information content (AvgIpc) is 2.37. The first kappa shape index (κ1) is 15.9. The van der Waals surface area contributed by atoms with Crippen LogP contribution >= 0.6 is 31.9 Å². The molecule has 1 amide bonds. The number of benzene rings is 1. The van der Waals surface area contributed by atoms with Crippen molar-refractivity contribution in [2.24, 2.45) is 0 Å². The molecule has 110 valence electrons. The molecule has 20 heavy (non-hydrogen) atoms. The molecule has 1 fully saturated rings. The Morgan fingerprint density at radius 2 is 2.05 bits per heavy atom. The van der Waals surface area contributed by atoms with E-state index in [2.05, 4.69) is 31.9 Å². The Bertz CT molecular complexity index is 504. The zero-order valence-electron chi connectivity index (χ0n) is 10.7. The molecule has 7 heteroatoms. The van der Waals surface area contributed by atoms with Crippen molar-refractivity contribution in [3.05, 3.63) is 33.8 Å². The molecule has 2 rings (SSSR count). The second-order valence-electron chi connectivity index (χ2n) is 4.66. The summed E-state index contributed by atoms with van der Waals surface area (Å²) in [5.41, 5.74) is -0.518. The third kappa shape index (κ3) is 3.20. The van der Waals surface area contributed by atoms with Crippen molar-refractivity contribution in [1.29, 1.82) is 0 Å². The van der Waals surface area contributed by atoms with Crippen LogP contribution in [0.3, 0.4) is 0 Å². The number of morpholine rings is 1. The molecule has 0 N–H and O–H groups in total. The minimum absolute atomic E-state index is 0.170. The first-order valence-corrected chi connectivity index (χ1v) is 7.98. The van der Waals surface area contributed by atoms with Gasteiger partial charge in [0, 0.05) is 16.3 Å². The standard InChI is InChI=1S/C13H13Br2F2NO2/c1-7-6-20-9(4-14)5-18(7)13(19)12-10(16)2-8(15)3-11(12)17/h2-3,7,9H,4-6H2,1H3. The van der Waals surface area contributed by atoms with Crippen LogP contribution in [-0.4, -0.2) is 41.4 Å². The van der Waals surface area contributed by atoms with Gasteiger partial charge in [-0.1, -0.05) is 31.9 Å². The Kier molecular flexibility index (Phi) is 5.14. The van der Waals surface area contributed by atoms with Crippen molar-refractivity contribution < 1.29 is 18.3 Å². The molecule has 3 nitrogen and oxygen atoms in total. The Balaban J connectivity index is 2.30. The number of hydrogen-bond acceptors (Lipinski definition) is 2. The lowest BCUT2D eigenvalue weighted by atomic mass is 10.1. The smallest absolute Gasteiger partial charge is 0.260 e. The predicted octanol–water partition coefficient (Wildman–Crippen LogP) is 3.35. The van der Waals surface area contributed by atoms with E-state index in [0.717, 1.165) is 12.1 Å². The quantitative estimate of drug-likeness (QED) is 0.697. The Hall–Kier alpha value is -0.530. The largest absolute Gasteiger partial charge is 0.373 e. The monoisotopic (exact) mass is 411 g/mol. The molecule has 1 aromatic rings. The lowest BCUT2D eigenvalue weighted by Gasteiger charge is -2.37. The number of halogens is 4. The number of rotatable bonds is 2. The molecule has 0 radical (unpaired) electrons. The summed E-state index contributed by atoms with van der Waals surface area (Å²) >= 11 is 6.28. The van der Waals surface area contributed by atoms with Gasteiger partial charge in [-0.05, 0) is 19.1 Å². The van der Waals surface area contributed by atoms with E-state index in [4.69, 9.17) is 4.74 Å². The van der Waals surface area contributed by atoms with Crippen molar-refractivity contribution >= 4 is 37.8 Å². The van der Waals surface area contributed by atoms with E-state index < -0.39 is 23.1 Å². The lowest BCUT2D eigenvalue weighted by molar-refractivity contribution is -0.0364. The number of ether oxygens (including phenoxy) is 1. The minimum atomic E-state index is -0.865. The van der Waals surface area contributed by atoms with Crippen LogP contribution in [0.4, 0.5) is 8.78 Å². The average molecular weight is 413 g/mol. The molecule has 0 aliphatic carbocycles. The first-order valence-electron chi connectivity index (χ1n) is 6.07. The van der Waals surface area contributed by atoms with Crippen LogP contribution < -0.4 is 0 Å². The summed E-state index contributed by atoms with van der Waals surface area (Å²) in [6.07, 6.45) is -0.170. The summed E-state index contributed by atoms with van der Waals surface area (Å²) < 4.78 is 33.5. The normalized spacial score (nSPS) is 22.9. The molecule has 0 bridgehead atoms. The highest BCUT2D eigenvalue weighted by atomic mass is 79.9. The van der Waals surface area contributed by atoms with Gasteiger partial charge in [0.25, 0.3) is 5.91 Å². The van der Waals surface area contributed by atoms with Crippen molar-refractivity contribution in [2.45, 2.75) is 19.1 Å². The van der Waals surface area contributed by atoms with Crippen LogP contribution in [0.1, 0.15) is 17.3 Å². The SMILES string of the molecule is CC1COC(CBr)CN1C(=O)c1c(F)cc(Br)cc1F. The van der Waals surface area contributed by atoms with Crippen LogP contribution in [0.5, 0.6) is 0 Å². The summed E-state index contributed by atoms with van der Waals surface area (Å²) in [6.45, 7) is 2.44. The fourth-order valence-corrected chi connectivity index (χ4v) is 2.88. The zero-order chi connectivity index (χ0) is 14.9. The summed E-state index contributed by atoms with van der Waals surface area (Å²) in [5, 5.41) is 0.564. The van der Waals surface area contributed by atoms with E-state index in [9.17, 15) is 13.6 Å². The maximum Gasteiger partial charge on any atom is 0.260 e. The number of alkyl halides is 1. The van der Waals surface area contributed by atoms with Crippen LogP contribution in [0, 0.1) is 11.6 Å². The van der Waals surface area contributed by atoms with Gasteiger partial charge < -0.3 is 9.64 Å². The van der Waals surface area contributed by atoms with Crippen LogP contribution in [0.25, 0.3) is 0 Å². The van der Waals surface area contributed by atoms with Gasteiger partial charge in [0.1, 0.15) is 17.2 Å². The van der Waals surface area contributed by atoms with Gasteiger partial charge >= 0.3 is 0 Å². The highest BCUT2D eigenvalue weighted by molar-refractivity contribution is 9.10. The number of amides is 1. The van der Waals surface area contributed by atoms with Crippen LogP contribution in [-0.2, 0) is 4.74 Å². The van der Waals surface area contributed by atoms with E-state index in [1.54, 1.807) is 6.92 Å². The van der Waals surface area contributed by atoms with Gasteiger partial charge in [-0.2, -0.15) is 0 Å². The maximum absolute atomic E-state index is 13.9. The minimum Gasteiger partial charge on any atom is -0.373 e. The van der Waals surface area contributed by atoms with E-state index in [-0.39, 0.29) is 16.6 Å². The zero-order valence-corrected chi connectivity index (χ0v) is 13.9. The van der Waals surface area contributed by atoms with Crippen LogP contribution in [0.15, 0.2) is 16.6 Å². The topological polar surface area (TPSA) is 29.5 Å². The van der Waals surface area contributed by atoms with Gasteiger partial charge in [0.2, 0.25) is 0 Å². The molecule has 2 atom stereocenters. The fourth-order valence-electron chi connectivity index (χ4n) is 2.08. The van der Waals surface area contributed by atoms with Crippen LogP contribution in [0.2, 0.25) is 0 Å². The van der Waals surface area contributed by atoms with Gasteiger partial charge in [-0.15, -0.1) is 0 Å². The molecule has 1 aliphatic rings. The fraction of sp³-hybridized carbons (Fsp3) is 0.462. The van der Waals surface area contributed by atoms with Gasteiger partial charge in [-0.3, -0.25) is 4.79 Å². The second kappa shape index (κ2) is 6.49. The maximum atomic E-state index is 13.9. The van der Waals surface area contributed by atoms with E-state index in [1.165, 1.54) is 4.90 Å². The molecular formula is C13H13Br2F2NO2. The van der Waals surface area contributed by atoms with Crippen molar-refractivity contribution in [1.82, 2.24) is 4.90 Å². The van der Waals surface area contributed by atoms with Gasteiger partial charge in [-0.25, -0.2) is 8.78 Å². The summed E-state index contributed by atoms with van der Waals surface area (Å²) in [4.78, 5) is 13.8. The summed E-state index contributed by atoms with van der Waals surface area (Å²) in [7, 11) is 0. The number of carbonyl (C=O) groups is 1. The van der Waals surface area contributed by atoms with Gasteiger partial charge in [0.15, 0.2) is 0 Å². The molecule has 1 aliphatic heterocycles. The number of hydrogen-bond donors (Lipinski definition) is 0. The molecule has 2 unspecified atom stereocenters. The second-order valence-corrected chi connectivity index (χ2v) is 6.22. The molecular weight excluding hydrogens is 400 g/mol. The van der Waals surface area contributed by atoms with E-state index >= 15 is 0 Å². The predicted molar refractivity (Wildman–Crippen MR) is 78.1 cm³/mol. The highest BCUT2D eigenvalue weighted by Gasteiger charge is 2.32. The van der Waals surface area contributed by atoms with E-state index in [1.807, 2.05) is 0 Å². The Morgan fingerprint density at radius 1 is 1.45 bits per heavy atom. The molecule has 1 aromatic carbocycles. The van der Waals surface area contributed by atoms with Gasteiger partial charge in [0.05, 0.1) is 18.8 Å². The van der Waals surface area contributed by atoms with Crippen molar-refractivity contribution in [3.8, 4) is 0 Å². The van der Waals surface area contributed by atoms with Crippen molar-refractivity contribution in [2.75, 3.05) is 18.5 Å². The molecule has 1 saturated heterocycles. The number of nitrogens with zero attached hydrogens (tertiary/aromatic N) is 1. The Morgan fingerprint density at radius 3 is 2.60 bits per heavy atom. The van der Waals surface area contributed by atoms with E-state index in [0.29, 0.717) is 18.5 Å². The molecule has 0 aromatic heterocycles. The molecule has 0 spiro atoms. The third-order valence-electron chi connectivity index (χ3n) is 3.16. The summed E-state index contributed by atoms with van der Waals surface area (Å²) in [5.74, 6) is -2.37. The molecule has 1 heterocycles.